The highest BCUT2D eigenvalue weighted by Crippen LogP contribution is 2.23. The normalized spacial score (nSPS) is 11.8. The molecule has 0 spiro atoms. The molecule has 3 N–H and O–H groups in total. The van der Waals surface area contributed by atoms with Crippen molar-refractivity contribution < 1.29 is 9.53 Å². The number of benzene rings is 2. The maximum absolute atomic E-state index is 12.4. The molecular weight excluding hydrogens is 374 g/mol. The molecule has 146 valence electrons. The Morgan fingerprint density at radius 3 is 2.50 bits per heavy atom. The molecule has 3 aromatic rings. The van der Waals surface area contributed by atoms with E-state index in [0.29, 0.717) is 17.4 Å². The summed E-state index contributed by atoms with van der Waals surface area (Å²) in [5, 5.41) is 11.3. The summed E-state index contributed by atoms with van der Waals surface area (Å²) < 4.78 is 6.60. The van der Waals surface area contributed by atoms with E-state index in [9.17, 15) is 4.79 Å². The van der Waals surface area contributed by atoms with E-state index < -0.39 is 0 Å². The van der Waals surface area contributed by atoms with Crippen molar-refractivity contribution in [2.75, 3.05) is 18.3 Å². The van der Waals surface area contributed by atoms with Crippen molar-refractivity contribution in [3.63, 3.8) is 0 Å². The van der Waals surface area contributed by atoms with Gasteiger partial charge in [0, 0.05) is 12.1 Å². The molecule has 3 rings (SSSR count). The van der Waals surface area contributed by atoms with Gasteiger partial charge in [-0.3, -0.25) is 4.79 Å². The Hall–Kier alpha value is -3.00. The number of thioether (sulfide) groups is 1. The first-order valence-corrected chi connectivity index (χ1v) is 9.70. The van der Waals surface area contributed by atoms with Crippen LogP contribution in [0.25, 0.3) is 0 Å². The Kier molecular flexibility index (Phi) is 6.20. The van der Waals surface area contributed by atoms with Gasteiger partial charge in [0.2, 0.25) is 11.1 Å². The number of amides is 1. The molecule has 1 heterocycles. The minimum atomic E-state index is -0.373. The molecule has 0 fully saturated rings. The van der Waals surface area contributed by atoms with E-state index in [4.69, 9.17) is 10.6 Å². The second-order valence-corrected chi connectivity index (χ2v) is 7.72. The number of aromatic nitrogens is 3. The summed E-state index contributed by atoms with van der Waals surface area (Å²) in [6.07, 6.45) is 0.540. The standard InChI is InChI=1S/C20H23N5O2S/c1-13-4-8-16(9-5-13)22-19(26)14(2)28-20-24-23-18(25(20)21)12-15-6-10-17(27-3)11-7-15/h4-11,14H,12,21H2,1-3H3,(H,22,26)/t14-/m1/s1. The van der Waals surface area contributed by atoms with Crippen molar-refractivity contribution in [1.82, 2.24) is 14.9 Å². The van der Waals surface area contributed by atoms with E-state index in [0.717, 1.165) is 22.6 Å². The van der Waals surface area contributed by atoms with E-state index >= 15 is 0 Å². The highest BCUT2D eigenvalue weighted by atomic mass is 32.2. The number of hydrogen-bond acceptors (Lipinski definition) is 6. The second-order valence-electron chi connectivity index (χ2n) is 6.41. The molecule has 0 aliphatic carbocycles. The smallest absolute Gasteiger partial charge is 0.237 e. The molecule has 1 amide bonds. The lowest BCUT2D eigenvalue weighted by atomic mass is 10.1. The van der Waals surface area contributed by atoms with Crippen LogP contribution in [0.4, 0.5) is 5.69 Å². The first-order valence-electron chi connectivity index (χ1n) is 8.82. The third kappa shape index (κ3) is 4.83. The minimum Gasteiger partial charge on any atom is -0.497 e. The van der Waals surface area contributed by atoms with Crippen molar-refractivity contribution in [2.45, 2.75) is 30.7 Å². The Morgan fingerprint density at radius 1 is 1.18 bits per heavy atom. The topological polar surface area (TPSA) is 95.1 Å². The van der Waals surface area contributed by atoms with E-state index in [-0.39, 0.29) is 11.2 Å². The SMILES string of the molecule is COc1ccc(Cc2nnc(S[C@H](C)C(=O)Nc3ccc(C)cc3)n2N)cc1. The molecule has 8 heteroatoms. The van der Waals surface area contributed by atoms with Crippen LogP contribution in [0.2, 0.25) is 0 Å². The van der Waals surface area contributed by atoms with Crippen LogP contribution in [0.3, 0.4) is 0 Å². The molecule has 0 radical (unpaired) electrons. The molecular formula is C20H23N5O2S. The number of nitrogens with two attached hydrogens (primary N) is 1. The molecule has 2 aromatic carbocycles. The van der Waals surface area contributed by atoms with Gasteiger partial charge in [-0.05, 0) is 43.7 Å². The number of anilines is 1. The minimum absolute atomic E-state index is 0.117. The molecule has 28 heavy (non-hydrogen) atoms. The zero-order chi connectivity index (χ0) is 20.1. The number of ether oxygens (including phenoxy) is 1. The fourth-order valence-electron chi connectivity index (χ4n) is 2.53. The second kappa shape index (κ2) is 8.79. The molecule has 0 saturated carbocycles. The highest BCUT2D eigenvalue weighted by molar-refractivity contribution is 8.00. The third-order valence-corrected chi connectivity index (χ3v) is 5.28. The van der Waals surface area contributed by atoms with Gasteiger partial charge in [-0.25, -0.2) is 4.68 Å². The Morgan fingerprint density at radius 2 is 1.86 bits per heavy atom. The number of aryl methyl sites for hydroxylation is 1. The van der Waals surface area contributed by atoms with Crippen molar-refractivity contribution in [1.29, 1.82) is 0 Å². The van der Waals surface area contributed by atoms with E-state index in [1.54, 1.807) is 7.11 Å². The molecule has 0 bridgehead atoms. The van der Waals surface area contributed by atoms with Gasteiger partial charge in [0.25, 0.3) is 0 Å². The molecule has 1 aromatic heterocycles. The Bertz CT molecular complexity index is 938. The molecule has 1 atom stereocenters. The van der Waals surface area contributed by atoms with Crippen LogP contribution in [0.1, 0.15) is 23.9 Å². The fourth-order valence-corrected chi connectivity index (χ4v) is 3.32. The van der Waals surface area contributed by atoms with Crippen molar-refractivity contribution >= 4 is 23.4 Å². The van der Waals surface area contributed by atoms with Gasteiger partial charge < -0.3 is 15.9 Å². The summed E-state index contributed by atoms with van der Waals surface area (Å²) >= 11 is 1.27. The van der Waals surface area contributed by atoms with Crippen LogP contribution in [-0.2, 0) is 11.2 Å². The zero-order valence-electron chi connectivity index (χ0n) is 16.0. The first-order chi connectivity index (χ1) is 13.5. The van der Waals surface area contributed by atoms with Gasteiger partial charge in [0.05, 0.1) is 12.4 Å². The lowest BCUT2D eigenvalue weighted by Gasteiger charge is -2.11. The van der Waals surface area contributed by atoms with Crippen molar-refractivity contribution in [2.24, 2.45) is 0 Å². The van der Waals surface area contributed by atoms with Gasteiger partial charge in [0.15, 0.2) is 5.82 Å². The number of carbonyl (C=O) groups excluding carboxylic acids is 1. The van der Waals surface area contributed by atoms with Crippen LogP contribution < -0.4 is 15.9 Å². The maximum atomic E-state index is 12.4. The molecule has 0 aliphatic heterocycles. The molecule has 0 aliphatic rings. The van der Waals surface area contributed by atoms with Gasteiger partial charge in [-0.2, -0.15) is 0 Å². The molecule has 0 saturated heterocycles. The Labute approximate surface area is 168 Å². The van der Waals surface area contributed by atoms with Crippen LogP contribution in [0, 0.1) is 6.92 Å². The monoisotopic (exact) mass is 397 g/mol. The number of methoxy groups -OCH3 is 1. The maximum Gasteiger partial charge on any atom is 0.237 e. The predicted octanol–water partition coefficient (Wildman–Crippen LogP) is 3.02. The average molecular weight is 398 g/mol. The predicted molar refractivity (Wildman–Crippen MR) is 111 cm³/mol. The van der Waals surface area contributed by atoms with Gasteiger partial charge >= 0.3 is 0 Å². The van der Waals surface area contributed by atoms with Gasteiger partial charge in [-0.15, -0.1) is 10.2 Å². The van der Waals surface area contributed by atoms with Gasteiger partial charge in [0.1, 0.15) is 5.75 Å². The van der Waals surface area contributed by atoms with Gasteiger partial charge in [-0.1, -0.05) is 41.6 Å². The van der Waals surface area contributed by atoms with Crippen molar-refractivity contribution in [3.05, 3.63) is 65.5 Å². The lowest BCUT2D eigenvalue weighted by molar-refractivity contribution is -0.115. The fraction of sp³-hybridized carbons (Fsp3) is 0.250. The Balaban J connectivity index is 1.62. The summed E-state index contributed by atoms with van der Waals surface area (Å²) in [6, 6.07) is 15.4. The van der Waals surface area contributed by atoms with Crippen LogP contribution in [0.15, 0.2) is 53.7 Å². The summed E-state index contributed by atoms with van der Waals surface area (Å²) in [5.41, 5.74) is 2.94. The van der Waals surface area contributed by atoms with E-state index in [1.807, 2.05) is 62.4 Å². The zero-order valence-corrected chi connectivity index (χ0v) is 16.9. The number of nitrogens with zero attached hydrogens (tertiary/aromatic N) is 3. The highest BCUT2D eigenvalue weighted by Gasteiger charge is 2.19. The summed E-state index contributed by atoms with van der Waals surface area (Å²) in [6.45, 7) is 3.81. The van der Waals surface area contributed by atoms with Crippen LogP contribution in [-0.4, -0.2) is 33.1 Å². The first kappa shape index (κ1) is 19.8. The number of nitrogen functional groups attached to an aromatic ring is 1. The van der Waals surface area contributed by atoms with Crippen LogP contribution >= 0.6 is 11.8 Å². The molecule has 7 nitrogen and oxygen atoms in total. The van der Waals surface area contributed by atoms with Crippen LogP contribution in [0.5, 0.6) is 5.75 Å². The number of carbonyl (C=O) groups is 1. The third-order valence-electron chi connectivity index (χ3n) is 4.23. The summed E-state index contributed by atoms with van der Waals surface area (Å²) in [5.74, 6) is 7.44. The lowest BCUT2D eigenvalue weighted by Crippen LogP contribution is -2.24. The largest absolute Gasteiger partial charge is 0.497 e. The number of rotatable bonds is 7. The number of nitrogens with one attached hydrogen (secondary N) is 1. The number of hydrogen-bond donors (Lipinski definition) is 2. The average Bonchev–Trinajstić information content (AvgIpc) is 3.03. The van der Waals surface area contributed by atoms with Crippen molar-refractivity contribution in [3.8, 4) is 5.75 Å². The molecule has 0 unspecified atom stereocenters. The van der Waals surface area contributed by atoms with E-state index in [2.05, 4.69) is 15.5 Å². The van der Waals surface area contributed by atoms with E-state index in [1.165, 1.54) is 16.4 Å². The summed E-state index contributed by atoms with van der Waals surface area (Å²) in [7, 11) is 1.63. The summed E-state index contributed by atoms with van der Waals surface area (Å²) in [4.78, 5) is 12.4. The quantitative estimate of drug-likeness (QED) is 0.470.